The topological polar surface area (TPSA) is 69.7 Å². The molecule has 1 N–H and O–H groups in total. The van der Waals surface area contributed by atoms with E-state index in [0.29, 0.717) is 28.5 Å². The molecule has 152 valence electrons. The summed E-state index contributed by atoms with van der Waals surface area (Å²) in [6, 6.07) is 18.8. The summed E-state index contributed by atoms with van der Waals surface area (Å²) in [5.74, 6) is 1.01. The Morgan fingerprint density at radius 3 is 2.27 bits per heavy atom. The molecule has 0 saturated carbocycles. The number of rotatable bonds is 6. The van der Waals surface area contributed by atoms with Gasteiger partial charge in [0.1, 0.15) is 10.8 Å². The smallest absolute Gasteiger partial charge is 0.259 e. The number of fused-ring (bicyclic) bond motifs is 1. The number of methoxy groups -OCH3 is 3. The van der Waals surface area contributed by atoms with E-state index < -0.39 is 0 Å². The molecule has 4 aromatic rings. The van der Waals surface area contributed by atoms with Gasteiger partial charge in [-0.25, -0.2) is 4.98 Å². The number of nitrogens with zero attached hydrogens (tertiary/aromatic N) is 1. The van der Waals surface area contributed by atoms with Gasteiger partial charge in [-0.2, -0.15) is 0 Å². The first-order valence-electron chi connectivity index (χ1n) is 9.21. The van der Waals surface area contributed by atoms with Crippen LogP contribution in [0.5, 0.6) is 17.2 Å². The number of aromatic nitrogens is 1. The van der Waals surface area contributed by atoms with Crippen LogP contribution in [0.1, 0.15) is 10.4 Å². The Balaban J connectivity index is 1.71. The number of hydrogen-bond donors (Lipinski definition) is 1. The van der Waals surface area contributed by atoms with E-state index in [-0.39, 0.29) is 5.91 Å². The van der Waals surface area contributed by atoms with E-state index >= 15 is 0 Å². The second kappa shape index (κ2) is 8.42. The van der Waals surface area contributed by atoms with Crippen molar-refractivity contribution in [2.45, 2.75) is 0 Å². The predicted octanol–water partition coefficient (Wildman–Crippen LogP) is 5.24. The molecule has 1 heterocycles. The summed E-state index contributed by atoms with van der Waals surface area (Å²) in [4.78, 5) is 17.8. The van der Waals surface area contributed by atoms with Crippen LogP contribution >= 0.6 is 11.3 Å². The van der Waals surface area contributed by atoms with E-state index in [1.807, 2.05) is 48.5 Å². The molecule has 0 aliphatic rings. The third-order valence-electron chi connectivity index (χ3n) is 4.65. The van der Waals surface area contributed by atoms with Crippen molar-refractivity contribution in [1.29, 1.82) is 0 Å². The summed E-state index contributed by atoms with van der Waals surface area (Å²) in [7, 11) is 4.56. The number of carbonyl (C=O) groups is 1. The highest BCUT2D eigenvalue weighted by molar-refractivity contribution is 7.21. The molecule has 30 heavy (non-hydrogen) atoms. The van der Waals surface area contributed by atoms with Gasteiger partial charge in [-0.1, -0.05) is 24.3 Å². The number of thiazole rings is 1. The van der Waals surface area contributed by atoms with Gasteiger partial charge in [0.05, 0.1) is 42.8 Å². The number of benzene rings is 3. The summed E-state index contributed by atoms with van der Waals surface area (Å²) >= 11 is 1.58. The molecule has 0 saturated heterocycles. The van der Waals surface area contributed by atoms with Gasteiger partial charge >= 0.3 is 0 Å². The zero-order chi connectivity index (χ0) is 21.1. The van der Waals surface area contributed by atoms with Gasteiger partial charge in [0.2, 0.25) is 0 Å². The lowest BCUT2D eigenvalue weighted by Crippen LogP contribution is -2.14. The molecule has 0 radical (unpaired) electrons. The van der Waals surface area contributed by atoms with Gasteiger partial charge in [-0.15, -0.1) is 11.3 Å². The maximum Gasteiger partial charge on any atom is 0.259 e. The van der Waals surface area contributed by atoms with Crippen molar-refractivity contribution < 1.29 is 19.0 Å². The maximum atomic E-state index is 13.1. The third kappa shape index (κ3) is 3.67. The molecule has 0 fully saturated rings. The van der Waals surface area contributed by atoms with Crippen LogP contribution in [0.25, 0.3) is 20.8 Å². The standard InChI is InChI=1S/C23H20N2O4S/c1-27-18-13-20(29-3)19(28-2)12-15(18)22(26)24-16-9-5-4-8-14(16)23-25-17-10-6-7-11-21(17)30-23/h4-13H,1-3H3,(H,24,26). The van der Waals surface area contributed by atoms with Crippen molar-refractivity contribution in [2.75, 3.05) is 26.6 Å². The van der Waals surface area contributed by atoms with Crippen LogP contribution in [0.2, 0.25) is 0 Å². The van der Waals surface area contributed by atoms with Crippen molar-refractivity contribution in [3.63, 3.8) is 0 Å². The van der Waals surface area contributed by atoms with Crippen LogP contribution in [-0.4, -0.2) is 32.2 Å². The van der Waals surface area contributed by atoms with Gasteiger partial charge in [-0.3, -0.25) is 4.79 Å². The first-order chi connectivity index (χ1) is 14.6. The minimum atomic E-state index is -0.318. The highest BCUT2D eigenvalue weighted by Crippen LogP contribution is 2.37. The highest BCUT2D eigenvalue weighted by Gasteiger charge is 2.19. The molecule has 7 heteroatoms. The van der Waals surface area contributed by atoms with Crippen LogP contribution in [0.3, 0.4) is 0 Å². The minimum absolute atomic E-state index is 0.318. The first kappa shape index (κ1) is 19.7. The Kier molecular flexibility index (Phi) is 5.54. The number of amides is 1. The minimum Gasteiger partial charge on any atom is -0.496 e. The van der Waals surface area contributed by atoms with Crippen molar-refractivity contribution in [3.05, 3.63) is 66.2 Å². The summed E-state index contributed by atoms with van der Waals surface area (Å²) in [6.45, 7) is 0. The Labute approximate surface area is 178 Å². The monoisotopic (exact) mass is 420 g/mol. The van der Waals surface area contributed by atoms with E-state index in [1.54, 1.807) is 23.5 Å². The fraction of sp³-hybridized carbons (Fsp3) is 0.130. The fourth-order valence-electron chi connectivity index (χ4n) is 3.16. The molecule has 3 aromatic carbocycles. The Hall–Kier alpha value is -3.58. The van der Waals surface area contributed by atoms with Crippen molar-refractivity contribution in [2.24, 2.45) is 0 Å². The average molecular weight is 420 g/mol. The number of anilines is 1. The Bertz CT molecular complexity index is 1190. The molecule has 0 bridgehead atoms. The zero-order valence-corrected chi connectivity index (χ0v) is 17.6. The van der Waals surface area contributed by atoms with Gasteiger partial charge in [0.15, 0.2) is 11.5 Å². The zero-order valence-electron chi connectivity index (χ0n) is 16.8. The van der Waals surface area contributed by atoms with Crippen LogP contribution in [0.4, 0.5) is 5.69 Å². The second-order valence-electron chi connectivity index (χ2n) is 6.39. The maximum absolute atomic E-state index is 13.1. The summed E-state index contributed by atoms with van der Waals surface area (Å²) in [6.07, 6.45) is 0. The highest BCUT2D eigenvalue weighted by atomic mass is 32.1. The molecule has 6 nitrogen and oxygen atoms in total. The molecule has 0 spiro atoms. The molecule has 0 atom stereocenters. The Morgan fingerprint density at radius 2 is 1.53 bits per heavy atom. The molecule has 0 unspecified atom stereocenters. The lowest BCUT2D eigenvalue weighted by Gasteiger charge is -2.15. The van der Waals surface area contributed by atoms with Crippen LogP contribution in [-0.2, 0) is 0 Å². The number of nitrogens with one attached hydrogen (secondary N) is 1. The normalized spacial score (nSPS) is 10.6. The molecule has 1 amide bonds. The molecule has 1 aromatic heterocycles. The lowest BCUT2D eigenvalue weighted by molar-refractivity contribution is 0.102. The SMILES string of the molecule is COc1cc(OC)c(C(=O)Nc2ccccc2-c2nc3ccccc3s2)cc1OC. The van der Waals surface area contributed by atoms with Crippen molar-refractivity contribution >= 4 is 33.1 Å². The largest absolute Gasteiger partial charge is 0.496 e. The predicted molar refractivity (Wildman–Crippen MR) is 119 cm³/mol. The molecule has 0 aliphatic carbocycles. The quantitative estimate of drug-likeness (QED) is 0.462. The fourth-order valence-corrected chi connectivity index (χ4v) is 4.17. The van der Waals surface area contributed by atoms with Gasteiger partial charge in [0.25, 0.3) is 5.91 Å². The van der Waals surface area contributed by atoms with Crippen LogP contribution < -0.4 is 19.5 Å². The average Bonchev–Trinajstić information content (AvgIpc) is 3.22. The number of hydrogen-bond acceptors (Lipinski definition) is 6. The summed E-state index contributed by atoms with van der Waals surface area (Å²) in [5, 5.41) is 3.82. The molecular formula is C23H20N2O4S. The van der Waals surface area contributed by atoms with Crippen molar-refractivity contribution in [1.82, 2.24) is 4.98 Å². The Morgan fingerprint density at radius 1 is 0.867 bits per heavy atom. The van der Waals surface area contributed by atoms with Gasteiger partial charge < -0.3 is 19.5 Å². The van der Waals surface area contributed by atoms with E-state index in [0.717, 1.165) is 20.8 Å². The number of carbonyl (C=O) groups excluding carboxylic acids is 1. The van der Waals surface area contributed by atoms with Crippen LogP contribution in [0.15, 0.2) is 60.7 Å². The summed E-state index contributed by atoms with van der Waals surface area (Å²) < 4.78 is 17.1. The van der Waals surface area contributed by atoms with Gasteiger partial charge in [0, 0.05) is 17.7 Å². The van der Waals surface area contributed by atoms with E-state index in [9.17, 15) is 4.79 Å². The number of ether oxygens (including phenoxy) is 3. The molecule has 0 aliphatic heterocycles. The molecule has 4 rings (SSSR count). The van der Waals surface area contributed by atoms with E-state index in [1.165, 1.54) is 21.3 Å². The number of para-hydroxylation sites is 2. The first-order valence-corrected chi connectivity index (χ1v) is 10.0. The van der Waals surface area contributed by atoms with Gasteiger partial charge in [-0.05, 0) is 24.3 Å². The summed E-state index contributed by atoms with van der Waals surface area (Å²) in [5.41, 5.74) is 2.79. The molecular weight excluding hydrogens is 400 g/mol. The van der Waals surface area contributed by atoms with Crippen molar-refractivity contribution in [3.8, 4) is 27.8 Å². The second-order valence-corrected chi connectivity index (χ2v) is 7.42. The van der Waals surface area contributed by atoms with Crippen LogP contribution in [0, 0.1) is 0 Å². The third-order valence-corrected chi connectivity index (χ3v) is 5.72. The lowest BCUT2D eigenvalue weighted by atomic mass is 10.1. The van der Waals surface area contributed by atoms with E-state index in [4.69, 9.17) is 19.2 Å². The van der Waals surface area contributed by atoms with E-state index in [2.05, 4.69) is 5.32 Å².